The third kappa shape index (κ3) is 4.30. The van der Waals surface area contributed by atoms with Crippen LogP contribution in [0.1, 0.15) is 64.7 Å². The average Bonchev–Trinajstić information content (AvgIpc) is 3.43. The third-order valence-corrected chi connectivity index (χ3v) is 8.99. The summed E-state index contributed by atoms with van der Waals surface area (Å²) in [6.45, 7) is 10.8. The molecule has 200 valence electrons. The third-order valence-electron chi connectivity index (χ3n) is 8.99. The Bertz CT molecular complexity index is 886. The summed E-state index contributed by atoms with van der Waals surface area (Å²) in [4.78, 5) is 47.3. The molecule has 2 bridgehead atoms. The van der Waals surface area contributed by atoms with Crippen LogP contribution in [0, 0.1) is 11.8 Å². The Balaban J connectivity index is 1.73. The van der Waals surface area contributed by atoms with E-state index in [9.17, 15) is 19.5 Å². The number of likely N-dealkylation sites (N-methyl/N-ethyl adjacent to an activating group) is 1. The largest absolute Gasteiger partial charge is 0.396 e. The van der Waals surface area contributed by atoms with Crippen molar-refractivity contribution in [3.8, 4) is 0 Å². The van der Waals surface area contributed by atoms with Gasteiger partial charge in [-0.3, -0.25) is 14.4 Å². The van der Waals surface area contributed by atoms with Gasteiger partial charge in [-0.1, -0.05) is 31.4 Å². The van der Waals surface area contributed by atoms with Crippen LogP contribution in [0.3, 0.4) is 0 Å². The Kier molecular flexibility index (Phi) is 7.95. The van der Waals surface area contributed by atoms with Crippen LogP contribution >= 0.6 is 0 Å². The molecule has 1 spiro atoms. The van der Waals surface area contributed by atoms with Crippen LogP contribution in [0.15, 0.2) is 25.3 Å². The number of aliphatic hydroxyl groups excluding tert-OH is 1. The number of carbonyl (C=O) groups is 3. The van der Waals surface area contributed by atoms with Crippen LogP contribution in [0.2, 0.25) is 0 Å². The van der Waals surface area contributed by atoms with Gasteiger partial charge >= 0.3 is 0 Å². The van der Waals surface area contributed by atoms with Gasteiger partial charge in [-0.15, -0.1) is 13.2 Å². The first-order chi connectivity index (χ1) is 17.3. The molecule has 4 rings (SSSR count). The van der Waals surface area contributed by atoms with E-state index in [4.69, 9.17) is 4.74 Å². The van der Waals surface area contributed by atoms with Crippen molar-refractivity contribution >= 4 is 17.7 Å². The van der Waals surface area contributed by atoms with Gasteiger partial charge < -0.3 is 24.5 Å². The second-order valence-electron chi connectivity index (χ2n) is 11.3. The number of rotatable bonds is 11. The van der Waals surface area contributed by atoms with E-state index in [1.54, 1.807) is 29.0 Å². The van der Waals surface area contributed by atoms with Crippen LogP contribution < -0.4 is 0 Å². The Hall–Kier alpha value is -2.19. The van der Waals surface area contributed by atoms with E-state index in [-0.39, 0.29) is 30.4 Å². The molecule has 8 heteroatoms. The van der Waals surface area contributed by atoms with Crippen molar-refractivity contribution < 1.29 is 24.2 Å². The molecule has 3 aliphatic heterocycles. The van der Waals surface area contributed by atoms with Gasteiger partial charge in [-0.2, -0.15) is 0 Å². The molecule has 1 saturated carbocycles. The number of amides is 3. The van der Waals surface area contributed by atoms with Gasteiger partial charge in [0.2, 0.25) is 17.7 Å². The molecule has 3 amide bonds. The molecule has 2 unspecified atom stereocenters. The number of likely N-dealkylation sites (tertiary alicyclic amines) is 1. The van der Waals surface area contributed by atoms with Crippen molar-refractivity contribution in [2.75, 3.05) is 33.3 Å². The molecule has 5 atom stereocenters. The van der Waals surface area contributed by atoms with Gasteiger partial charge in [0, 0.05) is 39.3 Å². The monoisotopic (exact) mass is 501 g/mol. The number of unbranched alkanes of at least 4 members (excludes halogenated alkanes) is 1. The van der Waals surface area contributed by atoms with Crippen molar-refractivity contribution in [2.24, 2.45) is 11.8 Å². The van der Waals surface area contributed by atoms with Crippen molar-refractivity contribution in [1.82, 2.24) is 14.7 Å². The average molecular weight is 502 g/mol. The molecule has 3 heterocycles. The number of carbonyl (C=O) groups excluding carboxylic acids is 3. The minimum absolute atomic E-state index is 0.0297. The predicted octanol–water partition coefficient (Wildman–Crippen LogP) is 2.52. The fourth-order valence-electron chi connectivity index (χ4n) is 7.34. The summed E-state index contributed by atoms with van der Waals surface area (Å²) in [5, 5.41) is 9.36. The molecule has 4 aliphatic rings. The van der Waals surface area contributed by atoms with Crippen LogP contribution in [-0.4, -0.2) is 94.1 Å². The standard InChI is InChI=1S/C28H43N3O5/c1-5-16-29(4)24(33)21-22-25(34)31(18-10-11-19-32)23(28(22)15-14-27(21,3)36-28)26(35)30(17-6-2)20-12-8-7-9-13-20/h5-6,20-23,32H,1-2,7-19H2,3-4H3/t21-,22+,23?,27+,28?/m1/s1. The SMILES string of the molecule is C=CCN(C)C(=O)[C@H]1[C@H]2C(=O)N(CCCCO)C(C(=O)N(CC=C)C3CCCCC3)C23CC[C@]1(C)O3. The second kappa shape index (κ2) is 10.7. The van der Waals surface area contributed by atoms with Gasteiger partial charge in [0.05, 0.1) is 17.4 Å². The number of ether oxygens (including phenoxy) is 1. The quantitative estimate of drug-likeness (QED) is 0.347. The molecular formula is C28H43N3O5. The zero-order chi connectivity index (χ0) is 26.1. The molecule has 0 aromatic rings. The lowest BCUT2D eigenvalue weighted by Crippen LogP contribution is -2.58. The first-order valence-corrected chi connectivity index (χ1v) is 13.6. The number of nitrogens with zero attached hydrogens (tertiary/aromatic N) is 3. The van der Waals surface area contributed by atoms with E-state index in [0.717, 1.165) is 25.7 Å². The summed E-state index contributed by atoms with van der Waals surface area (Å²) >= 11 is 0. The van der Waals surface area contributed by atoms with E-state index in [1.165, 1.54) is 6.42 Å². The van der Waals surface area contributed by atoms with Gasteiger partial charge in [0.15, 0.2) is 0 Å². The molecule has 0 radical (unpaired) electrons. The molecule has 1 aliphatic carbocycles. The fourth-order valence-corrected chi connectivity index (χ4v) is 7.34. The van der Waals surface area contributed by atoms with Gasteiger partial charge in [-0.05, 0) is 45.4 Å². The molecule has 8 nitrogen and oxygen atoms in total. The highest BCUT2D eigenvalue weighted by Gasteiger charge is 2.78. The number of hydrogen-bond acceptors (Lipinski definition) is 5. The summed E-state index contributed by atoms with van der Waals surface area (Å²) in [7, 11) is 1.72. The Morgan fingerprint density at radius 1 is 1.11 bits per heavy atom. The van der Waals surface area contributed by atoms with E-state index in [1.807, 2.05) is 11.8 Å². The molecular weight excluding hydrogens is 458 g/mol. The van der Waals surface area contributed by atoms with Crippen molar-refractivity contribution in [2.45, 2.75) is 88.0 Å². The van der Waals surface area contributed by atoms with Crippen LogP contribution in [0.4, 0.5) is 0 Å². The topological polar surface area (TPSA) is 90.4 Å². The predicted molar refractivity (Wildman–Crippen MR) is 137 cm³/mol. The van der Waals surface area contributed by atoms with Crippen molar-refractivity contribution in [3.63, 3.8) is 0 Å². The summed E-state index contributed by atoms with van der Waals surface area (Å²) in [6.07, 6.45) is 11.0. The summed E-state index contributed by atoms with van der Waals surface area (Å²) in [5.74, 6) is -1.70. The maximum atomic E-state index is 14.4. The normalized spacial score (nSPS) is 33.5. The second-order valence-corrected chi connectivity index (χ2v) is 11.3. The number of aliphatic hydroxyl groups is 1. The van der Waals surface area contributed by atoms with E-state index < -0.39 is 29.1 Å². The number of hydrogen-bond donors (Lipinski definition) is 1. The van der Waals surface area contributed by atoms with E-state index in [2.05, 4.69) is 13.2 Å². The van der Waals surface area contributed by atoms with Crippen molar-refractivity contribution in [1.29, 1.82) is 0 Å². The highest BCUT2D eigenvalue weighted by atomic mass is 16.5. The van der Waals surface area contributed by atoms with Gasteiger partial charge in [-0.25, -0.2) is 0 Å². The smallest absolute Gasteiger partial charge is 0.248 e. The van der Waals surface area contributed by atoms with Crippen LogP contribution in [0.5, 0.6) is 0 Å². The van der Waals surface area contributed by atoms with Gasteiger partial charge in [0.1, 0.15) is 11.6 Å². The maximum absolute atomic E-state index is 14.4. The van der Waals surface area contributed by atoms with Gasteiger partial charge in [0.25, 0.3) is 0 Å². The molecule has 36 heavy (non-hydrogen) atoms. The zero-order valence-electron chi connectivity index (χ0n) is 22.0. The molecule has 0 aromatic heterocycles. The first-order valence-electron chi connectivity index (χ1n) is 13.6. The zero-order valence-corrected chi connectivity index (χ0v) is 22.0. The molecule has 1 N–H and O–H groups in total. The Morgan fingerprint density at radius 3 is 2.44 bits per heavy atom. The fraction of sp³-hybridized carbons (Fsp3) is 0.750. The van der Waals surface area contributed by atoms with Crippen LogP contribution in [-0.2, 0) is 19.1 Å². The minimum atomic E-state index is -1.01. The van der Waals surface area contributed by atoms with E-state index in [0.29, 0.717) is 45.3 Å². The lowest BCUT2D eigenvalue weighted by Gasteiger charge is -2.40. The summed E-state index contributed by atoms with van der Waals surface area (Å²) in [5.41, 5.74) is -1.79. The Morgan fingerprint density at radius 2 is 1.81 bits per heavy atom. The maximum Gasteiger partial charge on any atom is 0.248 e. The highest BCUT2D eigenvalue weighted by Crippen LogP contribution is 2.63. The number of fused-ring (bicyclic) bond motifs is 1. The molecule has 3 saturated heterocycles. The van der Waals surface area contributed by atoms with Crippen LogP contribution in [0.25, 0.3) is 0 Å². The summed E-state index contributed by atoms with van der Waals surface area (Å²) < 4.78 is 6.73. The van der Waals surface area contributed by atoms with Crippen molar-refractivity contribution in [3.05, 3.63) is 25.3 Å². The molecule has 0 aromatic carbocycles. The highest BCUT2D eigenvalue weighted by molar-refractivity contribution is 5.99. The lowest BCUT2D eigenvalue weighted by atomic mass is 9.66. The first kappa shape index (κ1) is 26.9. The summed E-state index contributed by atoms with van der Waals surface area (Å²) in [6, 6.07) is -0.639. The van der Waals surface area contributed by atoms with E-state index >= 15 is 0 Å². The Labute approximate surface area is 215 Å². The molecule has 4 fully saturated rings. The lowest BCUT2D eigenvalue weighted by molar-refractivity contribution is -0.154. The minimum Gasteiger partial charge on any atom is -0.396 e.